The Morgan fingerprint density at radius 1 is 0.812 bits per heavy atom. The van der Waals surface area contributed by atoms with Crippen LogP contribution in [0.2, 0.25) is 0 Å². The molecule has 0 fully saturated rings. The number of carbonyl (C=O) groups is 4. The van der Waals surface area contributed by atoms with Gasteiger partial charge in [-0.25, -0.2) is 0 Å². The van der Waals surface area contributed by atoms with E-state index >= 15 is 0 Å². The summed E-state index contributed by atoms with van der Waals surface area (Å²) in [5, 5.41) is 5.32. The Morgan fingerprint density at radius 3 is 2.12 bits per heavy atom. The molecule has 0 spiro atoms. The summed E-state index contributed by atoms with van der Waals surface area (Å²) in [7, 11) is 0. The van der Waals surface area contributed by atoms with Crippen LogP contribution in [0.3, 0.4) is 0 Å². The predicted octanol–water partition coefficient (Wildman–Crippen LogP) is 3.54. The lowest BCUT2D eigenvalue weighted by molar-refractivity contribution is -0.126. The topological polar surface area (TPSA) is 111 Å². The normalized spacial score (nSPS) is 10.2. The van der Waals surface area contributed by atoms with E-state index in [9.17, 15) is 19.2 Å². The molecule has 0 saturated carbocycles. The summed E-state index contributed by atoms with van der Waals surface area (Å²) in [6, 6.07) is 11.8. The number of carbonyl (C=O) groups excluding carboxylic acids is 4. The zero-order valence-corrected chi connectivity index (χ0v) is 18.5. The standard InChI is InChI=1S/C24H28N2O6/c1-4-31-21-8-6-7-18(13-21)25-24(30)15-20(28)12-17-9-10-19(14-22(17)32-5-2)26-23(29)11-16(3)27/h6-10,13-14H,4-5,11-12,15H2,1-3H3,(H,25,30)(H,26,29). The summed E-state index contributed by atoms with van der Waals surface area (Å²) in [6.07, 6.45) is -0.502. The minimum absolute atomic E-state index is 0.00338. The molecule has 170 valence electrons. The van der Waals surface area contributed by atoms with E-state index in [0.717, 1.165) is 0 Å². The lowest BCUT2D eigenvalue weighted by atomic mass is 10.0. The first kappa shape index (κ1) is 24.6. The van der Waals surface area contributed by atoms with Crippen LogP contribution in [0.25, 0.3) is 0 Å². The van der Waals surface area contributed by atoms with Gasteiger partial charge in [0.25, 0.3) is 0 Å². The molecule has 2 N–H and O–H groups in total. The lowest BCUT2D eigenvalue weighted by Crippen LogP contribution is -2.18. The zero-order chi connectivity index (χ0) is 23.5. The molecular formula is C24H28N2O6. The van der Waals surface area contributed by atoms with E-state index < -0.39 is 11.8 Å². The minimum Gasteiger partial charge on any atom is -0.494 e. The number of benzene rings is 2. The third-order valence-corrected chi connectivity index (χ3v) is 4.23. The van der Waals surface area contributed by atoms with Crippen LogP contribution in [0.4, 0.5) is 11.4 Å². The SMILES string of the molecule is CCOc1cccc(NC(=O)CC(=O)Cc2ccc(NC(=O)CC(C)=O)cc2OCC)c1. The first-order valence-electron chi connectivity index (χ1n) is 10.4. The van der Waals surface area contributed by atoms with Gasteiger partial charge in [0.05, 0.1) is 26.1 Å². The molecule has 2 aromatic rings. The van der Waals surface area contributed by atoms with E-state index in [0.29, 0.717) is 41.7 Å². The molecule has 0 saturated heterocycles. The highest BCUT2D eigenvalue weighted by Gasteiger charge is 2.15. The van der Waals surface area contributed by atoms with Crippen molar-refractivity contribution < 1.29 is 28.7 Å². The summed E-state index contributed by atoms with van der Waals surface area (Å²) in [5.74, 6) is -0.293. The fraction of sp³-hybridized carbons (Fsp3) is 0.333. The van der Waals surface area contributed by atoms with E-state index in [1.165, 1.54) is 6.92 Å². The number of anilines is 2. The van der Waals surface area contributed by atoms with E-state index in [2.05, 4.69) is 10.6 Å². The second-order valence-corrected chi connectivity index (χ2v) is 7.08. The second-order valence-electron chi connectivity index (χ2n) is 7.08. The van der Waals surface area contributed by atoms with Crippen molar-refractivity contribution in [2.75, 3.05) is 23.8 Å². The van der Waals surface area contributed by atoms with Crippen molar-refractivity contribution in [3.8, 4) is 11.5 Å². The Kier molecular flexibility index (Phi) is 9.41. The van der Waals surface area contributed by atoms with Gasteiger partial charge in [-0.05, 0) is 39.0 Å². The van der Waals surface area contributed by atoms with Crippen LogP contribution in [0.15, 0.2) is 42.5 Å². The zero-order valence-electron chi connectivity index (χ0n) is 18.5. The van der Waals surface area contributed by atoms with Crippen molar-refractivity contribution in [2.24, 2.45) is 0 Å². The monoisotopic (exact) mass is 440 g/mol. The van der Waals surface area contributed by atoms with Crippen molar-refractivity contribution in [1.29, 1.82) is 0 Å². The molecule has 0 radical (unpaired) electrons. The highest BCUT2D eigenvalue weighted by atomic mass is 16.5. The van der Waals surface area contributed by atoms with Crippen molar-refractivity contribution in [2.45, 2.75) is 40.0 Å². The van der Waals surface area contributed by atoms with Gasteiger partial charge in [0, 0.05) is 35.5 Å². The summed E-state index contributed by atoms with van der Waals surface area (Å²) in [5.41, 5.74) is 1.62. The Bertz CT molecular complexity index is 986. The second kappa shape index (κ2) is 12.2. The average molecular weight is 440 g/mol. The molecule has 0 bridgehead atoms. The van der Waals surface area contributed by atoms with Crippen molar-refractivity contribution in [1.82, 2.24) is 0 Å². The number of hydrogen-bond donors (Lipinski definition) is 2. The highest BCUT2D eigenvalue weighted by Crippen LogP contribution is 2.25. The molecular weight excluding hydrogens is 412 g/mol. The van der Waals surface area contributed by atoms with Gasteiger partial charge in [0.15, 0.2) is 0 Å². The van der Waals surface area contributed by atoms with E-state index in [1.807, 2.05) is 6.92 Å². The van der Waals surface area contributed by atoms with Crippen LogP contribution in [-0.4, -0.2) is 36.6 Å². The number of rotatable bonds is 12. The first-order chi connectivity index (χ1) is 15.3. The van der Waals surface area contributed by atoms with Gasteiger partial charge < -0.3 is 20.1 Å². The van der Waals surface area contributed by atoms with Gasteiger partial charge in [-0.3, -0.25) is 19.2 Å². The summed E-state index contributed by atoms with van der Waals surface area (Å²) < 4.78 is 11.0. The third-order valence-electron chi connectivity index (χ3n) is 4.23. The molecule has 0 aliphatic heterocycles. The first-order valence-corrected chi connectivity index (χ1v) is 10.4. The Balaban J connectivity index is 2.00. The Labute approximate surface area is 187 Å². The average Bonchev–Trinajstić information content (AvgIpc) is 2.70. The summed E-state index contributed by atoms with van der Waals surface area (Å²) in [4.78, 5) is 47.6. The number of amides is 2. The fourth-order valence-corrected chi connectivity index (χ4v) is 2.99. The minimum atomic E-state index is -0.422. The van der Waals surface area contributed by atoms with Crippen molar-refractivity contribution >= 4 is 34.8 Å². The Morgan fingerprint density at radius 2 is 1.47 bits per heavy atom. The van der Waals surface area contributed by atoms with Gasteiger partial charge in [-0.2, -0.15) is 0 Å². The number of nitrogens with one attached hydrogen (secondary N) is 2. The molecule has 0 atom stereocenters. The van der Waals surface area contributed by atoms with Crippen LogP contribution in [0, 0.1) is 0 Å². The van der Waals surface area contributed by atoms with Crippen LogP contribution in [0.5, 0.6) is 11.5 Å². The summed E-state index contributed by atoms with van der Waals surface area (Å²) in [6.45, 7) is 5.88. The largest absolute Gasteiger partial charge is 0.494 e. The molecule has 8 heteroatoms. The van der Waals surface area contributed by atoms with Crippen molar-refractivity contribution in [3.63, 3.8) is 0 Å². The maximum absolute atomic E-state index is 12.5. The number of Topliss-reactive ketones (excluding diaryl/α,β-unsaturated/α-hetero) is 2. The quantitative estimate of drug-likeness (QED) is 0.489. The molecule has 32 heavy (non-hydrogen) atoms. The number of ketones is 2. The van der Waals surface area contributed by atoms with E-state index in [1.54, 1.807) is 49.4 Å². The van der Waals surface area contributed by atoms with Gasteiger partial charge >= 0.3 is 0 Å². The molecule has 2 amide bonds. The smallest absolute Gasteiger partial charge is 0.231 e. The van der Waals surface area contributed by atoms with Gasteiger partial charge in [-0.1, -0.05) is 12.1 Å². The molecule has 2 rings (SSSR count). The Hall–Kier alpha value is -3.68. The molecule has 2 aromatic carbocycles. The van der Waals surface area contributed by atoms with Crippen LogP contribution >= 0.6 is 0 Å². The molecule has 0 heterocycles. The van der Waals surface area contributed by atoms with Gasteiger partial charge in [0.1, 0.15) is 23.1 Å². The van der Waals surface area contributed by atoms with Crippen LogP contribution in [-0.2, 0) is 25.6 Å². The van der Waals surface area contributed by atoms with Crippen LogP contribution in [0.1, 0.15) is 39.2 Å². The maximum atomic E-state index is 12.5. The predicted molar refractivity (Wildman–Crippen MR) is 121 cm³/mol. The van der Waals surface area contributed by atoms with Crippen LogP contribution < -0.4 is 20.1 Å². The molecule has 8 nitrogen and oxygen atoms in total. The van der Waals surface area contributed by atoms with E-state index in [4.69, 9.17) is 9.47 Å². The third kappa shape index (κ3) is 8.22. The highest BCUT2D eigenvalue weighted by molar-refractivity contribution is 6.05. The fourth-order valence-electron chi connectivity index (χ4n) is 2.99. The molecule has 0 aromatic heterocycles. The lowest BCUT2D eigenvalue weighted by Gasteiger charge is -2.13. The van der Waals surface area contributed by atoms with Gasteiger partial charge in [-0.15, -0.1) is 0 Å². The molecule has 0 aliphatic carbocycles. The van der Waals surface area contributed by atoms with Gasteiger partial charge in [0.2, 0.25) is 11.8 Å². The summed E-state index contributed by atoms with van der Waals surface area (Å²) >= 11 is 0. The number of ether oxygens (including phenoxy) is 2. The van der Waals surface area contributed by atoms with E-state index in [-0.39, 0.29) is 30.8 Å². The molecule has 0 aliphatic rings. The number of hydrogen-bond acceptors (Lipinski definition) is 6. The maximum Gasteiger partial charge on any atom is 0.231 e. The molecule has 0 unspecified atom stereocenters. The van der Waals surface area contributed by atoms with Crippen molar-refractivity contribution in [3.05, 3.63) is 48.0 Å².